The Hall–Kier alpha value is -2.41. The van der Waals surface area contributed by atoms with Crippen LogP contribution in [0.15, 0.2) is 36.4 Å². The number of ether oxygens (including phenoxy) is 1. The lowest BCUT2D eigenvalue weighted by molar-refractivity contribution is -0.136. The number of halogens is 4. The van der Waals surface area contributed by atoms with E-state index >= 15 is 0 Å². The van der Waals surface area contributed by atoms with E-state index in [9.17, 15) is 18.0 Å². The van der Waals surface area contributed by atoms with E-state index in [4.69, 9.17) is 16.3 Å². The molecule has 0 atom stereocenters. The predicted octanol–water partition coefficient (Wildman–Crippen LogP) is 5.53. The van der Waals surface area contributed by atoms with Crippen LogP contribution in [0.3, 0.4) is 0 Å². The van der Waals surface area contributed by atoms with Crippen molar-refractivity contribution in [2.75, 3.05) is 30.9 Å². The highest BCUT2D eigenvalue weighted by Crippen LogP contribution is 2.37. The Morgan fingerprint density at radius 1 is 1.18 bits per heavy atom. The van der Waals surface area contributed by atoms with Crippen molar-refractivity contribution in [3.05, 3.63) is 52.5 Å². The van der Waals surface area contributed by atoms with Crippen LogP contribution < -0.4 is 15.0 Å². The SMILES string of the molecule is Cc1cc(Cl)ccc1OCCCC(=O)Nc1ccc(N(C)C)cc1C(F)(F)F. The molecule has 2 aromatic carbocycles. The fourth-order valence-corrected chi connectivity index (χ4v) is 2.78. The van der Waals surface area contributed by atoms with Gasteiger partial charge in [-0.2, -0.15) is 13.2 Å². The minimum absolute atomic E-state index is 0.0410. The van der Waals surface area contributed by atoms with Crippen LogP contribution in [0.5, 0.6) is 5.75 Å². The zero-order valence-electron chi connectivity index (χ0n) is 15.9. The van der Waals surface area contributed by atoms with E-state index < -0.39 is 17.6 Å². The number of alkyl halides is 3. The van der Waals surface area contributed by atoms with E-state index in [-0.39, 0.29) is 18.7 Å². The van der Waals surface area contributed by atoms with E-state index in [2.05, 4.69) is 5.32 Å². The maximum absolute atomic E-state index is 13.3. The van der Waals surface area contributed by atoms with Gasteiger partial charge in [-0.1, -0.05) is 11.6 Å². The fraction of sp³-hybridized carbons (Fsp3) is 0.350. The number of anilines is 2. The second kappa shape index (κ2) is 9.19. The zero-order chi connectivity index (χ0) is 20.9. The summed E-state index contributed by atoms with van der Waals surface area (Å²) in [6.07, 6.45) is -4.16. The number of aryl methyl sites for hydroxylation is 1. The van der Waals surface area contributed by atoms with Crippen LogP contribution >= 0.6 is 11.6 Å². The molecule has 0 saturated heterocycles. The molecule has 2 aromatic rings. The van der Waals surface area contributed by atoms with Gasteiger partial charge in [-0.05, 0) is 55.3 Å². The van der Waals surface area contributed by atoms with Crippen LogP contribution in [0.4, 0.5) is 24.5 Å². The summed E-state index contributed by atoms with van der Waals surface area (Å²) in [5, 5.41) is 2.95. The minimum atomic E-state index is -4.57. The third kappa shape index (κ3) is 6.05. The van der Waals surface area contributed by atoms with Crippen molar-refractivity contribution in [1.82, 2.24) is 0 Å². The maximum atomic E-state index is 13.3. The molecule has 0 fully saturated rings. The van der Waals surface area contributed by atoms with Gasteiger partial charge >= 0.3 is 6.18 Å². The number of carbonyl (C=O) groups excluding carboxylic acids is 1. The zero-order valence-corrected chi connectivity index (χ0v) is 16.6. The topological polar surface area (TPSA) is 41.6 Å². The molecule has 1 N–H and O–H groups in total. The first-order valence-electron chi connectivity index (χ1n) is 8.65. The summed E-state index contributed by atoms with van der Waals surface area (Å²) in [6.45, 7) is 2.12. The number of nitrogens with zero attached hydrogens (tertiary/aromatic N) is 1. The Labute approximate surface area is 167 Å². The molecule has 0 radical (unpaired) electrons. The van der Waals surface area contributed by atoms with Crippen molar-refractivity contribution in [1.29, 1.82) is 0 Å². The summed E-state index contributed by atoms with van der Waals surface area (Å²) in [7, 11) is 3.30. The Bertz CT molecular complexity index is 839. The molecule has 0 aliphatic carbocycles. The molecular formula is C20H22ClF3N2O2. The molecule has 0 bridgehead atoms. The Morgan fingerprint density at radius 2 is 1.89 bits per heavy atom. The normalized spacial score (nSPS) is 11.2. The molecule has 8 heteroatoms. The maximum Gasteiger partial charge on any atom is 0.418 e. The number of carbonyl (C=O) groups is 1. The summed E-state index contributed by atoms with van der Waals surface area (Å²) in [5.74, 6) is 0.156. The van der Waals surface area contributed by atoms with Gasteiger partial charge in [0.25, 0.3) is 0 Å². The lowest BCUT2D eigenvalue weighted by Crippen LogP contribution is -2.18. The van der Waals surface area contributed by atoms with E-state index in [0.29, 0.717) is 22.9 Å². The van der Waals surface area contributed by atoms with Gasteiger partial charge in [0.05, 0.1) is 17.9 Å². The number of nitrogens with one attached hydrogen (secondary N) is 1. The molecule has 2 rings (SSSR count). The van der Waals surface area contributed by atoms with Gasteiger partial charge in [-0.15, -0.1) is 0 Å². The van der Waals surface area contributed by atoms with Gasteiger partial charge in [0.2, 0.25) is 5.91 Å². The third-order valence-corrected chi connectivity index (χ3v) is 4.28. The molecule has 0 aliphatic rings. The molecule has 1 amide bonds. The summed E-state index contributed by atoms with van der Waals surface area (Å²) in [5.41, 5.74) is 0.141. The van der Waals surface area contributed by atoms with E-state index in [0.717, 1.165) is 11.6 Å². The monoisotopic (exact) mass is 414 g/mol. The molecular weight excluding hydrogens is 393 g/mol. The second-order valence-electron chi connectivity index (χ2n) is 6.53. The van der Waals surface area contributed by atoms with E-state index in [1.54, 1.807) is 37.2 Å². The number of rotatable bonds is 7. The Morgan fingerprint density at radius 3 is 2.50 bits per heavy atom. The van der Waals surface area contributed by atoms with Crippen LogP contribution in [0.1, 0.15) is 24.0 Å². The van der Waals surface area contributed by atoms with Crippen LogP contribution in [0, 0.1) is 6.92 Å². The first kappa shape index (κ1) is 21.9. The predicted molar refractivity (Wildman–Crippen MR) is 105 cm³/mol. The van der Waals surface area contributed by atoms with Crippen molar-refractivity contribution in [2.24, 2.45) is 0 Å². The lowest BCUT2D eigenvalue weighted by Gasteiger charge is -2.18. The fourth-order valence-electron chi connectivity index (χ4n) is 2.56. The molecule has 152 valence electrons. The molecule has 0 heterocycles. The molecule has 0 saturated carbocycles. The second-order valence-corrected chi connectivity index (χ2v) is 6.97. The summed E-state index contributed by atoms with van der Waals surface area (Å²) < 4.78 is 45.5. The smallest absolute Gasteiger partial charge is 0.418 e. The van der Waals surface area contributed by atoms with Crippen molar-refractivity contribution in [3.8, 4) is 5.75 Å². The van der Waals surface area contributed by atoms with Crippen LogP contribution in [-0.2, 0) is 11.0 Å². The van der Waals surface area contributed by atoms with Gasteiger partial charge in [-0.3, -0.25) is 4.79 Å². The van der Waals surface area contributed by atoms with Crippen molar-refractivity contribution < 1.29 is 22.7 Å². The Kier molecular flexibility index (Phi) is 7.18. The summed E-state index contributed by atoms with van der Waals surface area (Å²) >= 11 is 5.88. The molecule has 0 spiro atoms. The van der Waals surface area contributed by atoms with Gasteiger partial charge in [0.1, 0.15) is 5.75 Å². The quantitative estimate of drug-likeness (QED) is 0.605. The first-order chi connectivity index (χ1) is 13.1. The average molecular weight is 415 g/mol. The van der Waals surface area contributed by atoms with E-state index in [1.165, 1.54) is 12.1 Å². The summed E-state index contributed by atoms with van der Waals surface area (Å²) in [6, 6.07) is 9.01. The van der Waals surface area contributed by atoms with Crippen LogP contribution in [0.2, 0.25) is 5.02 Å². The number of amides is 1. The molecule has 28 heavy (non-hydrogen) atoms. The van der Waals surface area contributed by atoms with Crippen molar-refractivity contribution >= 4 is 28.9 Å². The van der Waals surface area contributed by atoms with Crippen LogP contribution in [-0.4, -0.2) is 26.6 Å². The van der Waals surface area contributed by atoms with E-state index in [1.807, 2.05) is 6.92 Å². The number of hydrogen-bond donors (Lipinski definition) is 1. The number of benzene rings is 2. The highest BCUT2D eigenvalue weighted by atomic mass is 35.5. The largest absolute Gasteiger partial charge is 0.493 e. The Balaban J connectivity index is 1.93. The third-order valence-electron chi connectivity index (χ3n) is 4.04. The lowest BCUT2D eigenvalue weighted by atomic mass is 10.1. The van der Waals surface area contributed by atoms with Crippen LogP contribution in [0.25, 0.3) is 0 Å². The van der Waals surface area contributed by atoms with Gasteiger partial charge in [-0.25, -0.2) is 0 Å². The molecule has 4 nitrogen and oxygen atoms in total. The molecule has 0 aliphatic heterocycles. The number of hydrogen-bond acceptors (Lipinski definition) is 3. The standard InChI is InChI=1S/C20H22ClF3N2O2/c1-13-11-14(21)6-9-18(13)28-10-4-5-19(27)25-17-8-7-15(26(2)3)12-16(17)20(22,23)24/h6-9,11-12H,4-5,10H2,1-3H3,(H,25,27). The first-order valence-corrected chi connectivity index (χ1v) is 9.03. The minimum Gasteiger partial charge on any atom is -0.493 e. The van der Waals surface area contributed by atoms with Crippen molar-refractivity contribution in [2.45, 2.75) is 25.9 Å². The highest BCUT2D eigenvalue weighted by molar-refractivity contribution is 6.30. The van der Waals surface area contributed by atoms with Gasteiger partial charge < -0.3 is 15.0 Å². The molecule has 0 aromatic heterocycles. The summed E-state index contributed by atoms with van der Waals surface area (Å²) in [4.78, 5) is 13.6. The van der Waals surface area contributed by atoms with Crippen molar-refractivity contribution in [3.63, 3.8) is 0 Å². The highest BCUT2D eigenvalue weighted by Gasteiger charge is 2.34. The molecule has 0 unspecified atom stereocenters. The average Bonchev–Trinajstić information content (AvgIpc) is 2.59. The van der Waals surface area contributed by atoms with Gasteiger partial charge in [0, 0.05) is 31.2 Å². The van der Waals surface area contributed by atoms with Gasteiger partial charge in [0.15, 0.2) is 0 Å².